The molecule has 1 unspecified atom stereocenters. The molecule has 0 aliphatic heterocycles. The van der Waals surface area contributed by atoms with Crippen LogP contribution in [0.4, 0.5) is 5.69 Å². The van der Waals surface area contributed by atoms with E-state index in [4.69, 9.17) is 0 Å². The number of rotatable bonds is 7. The van der Waals surface area contributed by atoms with Crippen molar-refractivity contribution in [3.05, 3.63) is 112 Å². The maximum Gasteiger partial charge on any atom is 0.296 e. The van der Waals surface area contributed by atoms with E-state index in [-0.39, 0.29) is 22.5 Å². The van der Waals surface area contributed by atoms with Gasteiger partial charge >= 0.3 is 0 Å². The summed E-state index contributed by atoms with van der Waals surface area (Å²) in [5, 5.41) is 2.90. The second-order valence-corrected chi connectivity index (χ2v) is 9.85. The predicted molar refractivity (Wildman–Crippen MR) is 135 cm³/mol. The van der Waals surface area contributed by atoms with E-state index in [1.165, 1.54) is 28.9 Å². The Bertz CT molecular complexity index is 1510. The topological polar surface area (TPSA) is 102 Å². The summed E-state index contributed by atoms with van der Waals surface area (Å²) in [5.74, 6) is -0.317. The largest absolute Gasteiger partial charge is 0.346 e. The quantitative estimate of drug-likeness (QED) is 0.412. The van der Waals surface area contributed by atoms with Crippen LogP contribution in [0.1, 0.15) is 34.6 Å². The third kappa shape index (κ3) is 4.90. The summed E-state index contributed by atoms with van der Waals surface area (Å²) in [6.45, 7) is 3.54. The van der Waals surface area contributed by atoms with Crippen molar-refractivity contribution in [1.29, 1.82) is 0 Å². The van der Waals surface area contributed by atoms with Gasteiger partial charge in [0.15, 0.2) is 0 Å². The number of aromatic nitrogens is 2. The van der Waals surface area contributed by atoms with Gasteiger partial charge < -0.3 is 5.32 Å². The zero-order valence-corrected chi connectivity index (χ0v) is 20.4. The van der Waals surface area contributed by atoms with Gasteiger partial charge in [-0.2, -0.15) is 0 Å². The molecule has 4 rings (SSSR count). The van der Waals surface area contributed by atoms with Crippen LogP contribution in [0.2, 0.25) is 0 Å². The Morgan fingerprint density at radius 3 is 2.06 bits per heavy atom. The number of carbonyl (C=O) groups is 1. The Morgan fingerprint density at radius 1 is 0.886 bits per heavy atom. The molecular weight excluding hydrogens is 464 g/mol. The summed E-state index contributed by atoms with van der Waals surface area (Å²) in [4.78, 5) is 25.6. The van der Waals surface area contributed by atoms with Crippen molar-refractivity contribution < 1.29 is 13.2 Å². The Hall–Kier alpha value is -4.11. The molecule has 1 amide bonds. The van der Waals surface area contributed by atoms with Crippen LogP contribution < -0.4 is 15.6 Å². The molecule has 0 saturated carbocycles. The monoisotopic (exact) mass is 490 g/mol. The number of benzene rings is 3. The molecule has 0 fully saturated rings. The summed E-state index contributed by atoms with van der Waals surface area (Å²) < 4.78 is 31.5. The lowest BCUT2D eigenvalue weighted by Gasteiger charge is -2.14. The third-order valence-electron chi connectivity index (χ3n) is 5.86. The smallest absolute Gasteiger partial charge is 0.296 e. The first-order valence-corrected chi connectivity index (χ1v) is 12.5. The van der Waals surface area contributed by atoms with Crippen LogP contribution in [0.15, 0.2) is 94.6 Å². The van der Waals surface area contributed by atoms with Crippen LogP contribution in [-0.4, -0.2) is 23.7 Å². The molecule has 35 heavy (non-hydrogen) atoms. The molecule has 180 valence electrons. The highest BCUT2D eigenvalue weighted by Gasteiger charge is 2.23. The zero-order chi connectivity index (χ0) is 25.2. The zero-order valence-electron chi connectivity index (χ0n) is 19.6. The minimum Gasteiger partial charge on any atom is -0.346 e. The van der Waals surface area contributed by atoms with Crippen LogP contribution in [0.3, 0.4) is 0 Å². The van der Waals surface area contributed by atoms with Gasteiger partial charge in [-0.15, -0.1) is 0 Å². The minimum absolute atomic E-state index is 0.0325. The highest BCUT2D eigenvalue weighted by atomic mass is 32.2. The standard InChI is InChI=1S/C26H26N4O4S/c1-18(20-10-6-4-7-11-20)27-25(31)21-14-16-23(17-15-21)35(33,34)28-24-19(2)29(3)30(26(24)32)22-12-8-5-9-13-22/h4-18,28H,1-3H3,(H,27,31). The van der Waals surface area contributed by atoms with Gasteiger partial charge in [-0.05, 0) is 55.8 Å². The molecule has 1 aromatic heterocycles. The summed E-state index contributed by atoms with van der Waals surface area (Å²) in [7, 11) is -2.37. The molecule has 0 saturated heterocycles. The number of anilines is 1. The van der Waals surface area contributed by atoms with E-state index in [0.29, 0.717) is 16.9 Å². The number of amides is 1. The molecule has 0 spiro atoms. The van der Waals surface area contributed by atoms with E-state index in [9.17, 15) is 18.0 Å². The molecule has 1 atom stereocenters. The van der Waals surface area contributed by atoms with Crippen molar-refractivity contribution in [1.82, 2.24) is 14.7 Å². The first kappa shape index (κ1) is 24.0. The number of hydrogen-bond donors (Lipinski definition) is 2. The van der Waals surface area contributed by atoms with Crippen molar-refractivity contribution in [3.63, 3.8) is 0 Å². The van der Waals surface area contributed by atoms with E-state index in [2.05, 4.69) is 10.0 Å². The molecule has 0 aliphatic rings. The number of carbonyl (C=O) groups excluding carboxylic acids is 1. The highest BCUT2D eigenvalue weighted by Crippen LogP contribution is 2.20. The molecule has 3 aromatic carbocycles. The van der Waals surface area contributed by atoms with Crippen LogP contribution in [-0.2, 0) is 17.1 Å². The summed E-state index contributed by atoms with van der Waals surface area (Å²) in [6, 6.07) is 23.9. The van der Waals surface area contributed by atoms with Crippen LogP contribution in [0.25, 0.3) is 5.69 Å². The van der Waals surface area contributed by atoms with Crippen LogP contribution >= 0.6 is 0 Å². The van der Waals surface area contributed by atoms with Gasteiger partial charge in [0.2, 0.25) is 0 Å². The van der Waals surface area contributed by atoms with Gasteiger partial charge in [-0.1, -0.05) is 48.5 Å². The van der Waals surface area contributed by atoms with E-state index in [1.54, 1.807) is 42.9 Å². The number of para-hydroxylation sites is 1. The Morgan fingerprint density at radius 2 is 1.46 bits per heavy atom. The first-order valence-electron chi connectivity index (χ1n) is 11.0. The maximum absolute atomic E-state index is 13.0. The Kier molecular flexibility index (Phi) is 6.61. The van der Waals surface area contributed by atoms with E-state index in [1.807, 2.05) is 43.3 Å². The number of sulfonamides is 1. The summed E-state index contributed by atoms with van der Waals surface area (Å²) in [5.41, 5.74) is 1.86. The van der Waals surface area contributed by atoms with Crippen molar-refractivity contribution >= 4 is 21.6 Å². The number of hydrogen-bond acceptors (Lipinski definition) is 4. The van der Waals surface area contributed by atoms with Crippen LogP contribution in [0.5, 0.6) is 0 Å². The maximum atomic E-state index is 13.0. The summed E-state index contributed by atoms with van der Waals surface area (Å²) in [6.07, 6.45) is 0. The van der Waals surface area contributed by atoms with E-state index >= 15 is 0 Å². The number of nitrogens with one attached hydrogen (secondary N) is 2. The van der Waals surface area contributed by atoms with Gasteiger partial charge in [0.25, 0.3) is 21.5 Å². The Balaban J connectivity index is 1.54. The van der Waals surface area contributed by atoms with Crippen LogP contribution in [0, 0.1) is 6.92 Å². The van der Waals surface area contributed by atoms with E-state index < -0.39 is 15.6 Å². The molecule has 4 aromatic rings. The van der Waals surface area contributed by atoms with Gasteiger partial charge in [0, 0.05) is 12.6 Å². The highest BCUT2D eigenvalue weighted by molar-refractivity contribution is 7.92. The molecular formula is C26H26N4O4S. The van der Waals surface area contributed by atoms with Crippen molar-refractivity contribution in [2.75, 3.05) is 4.72 Å². The fraction of sp³-hybridized carbons (Fsp3) is 0.154. The average molecular weight is 491 g/mol. The van der Waals surface area contributed by atoms with Gasteiger partial charge in [-0.25, -0.2) is 13.1 Å². The molecule has 2 N–H and O–H groups in total. The van der Waals surface area contributed by atoms with Crippen molar-refractivity contribution in [3.8, 4) is 5.69 Å². The normalized spacial score (nSPS) is 12.2. The molecule has 0 aliphatic carbocycles. The molecule has 8 nitrogen and oxygen atoms in total. The second-order valence-electron chi connectivity index (χ2n) is 8.17. The van der Waals surface area contributed by atoms with Crippen molar-refractivity contribution in [2.45, 2.75) is 24.8 Å². The van der Waals surface area contributed by atoms with Gasteiger partial charge in [0.1, 0.15) is 5.69 Å². The molecule has 1 heterocycles. The second kappa shape index (κ2) is 9.63. The van der Waals surface area contributed by atoms with Gasteiger partial charge in [-0.3, -0.25) is 19.0 Å². The number of nitrogens with zero attached hydrogens (tertiary/aromatic N) is 2. The van der Waals surface area contributed by atoms with Gasteiger partial charge in [0.05, 0.1) is 22.3 Å². The fourth-order valence-electron chi connectivity index (χ4n) is 3.77. The first-order chi connectivity index (χ1) is 16.7. The lowest BCUT2D eigenvalue weighted by atomic mass is 10.1. The lowest BCUT2D eigenvalue weighted by molar-refractivity contribution is 0.0940. The molecule has 0 bridgehead atoms. The Labute approximate surface area is 203 Å². The average Bonchev–Trinajstić information content (AvgIpc) is 3.07. The summed E-state index contributed by atoms with van der Waals surface area (Å²) >= 11 is 0. The molecule has 0 radical (unpaired) electrons. The fourth-order valence-corrected chi connectivity index (χ4v) is 4.89. The lowest BCUT2D eigenvalue weighted by Crippen LogP contribution is -2.26. The van der Waals surface area contributed by atoms with Crippen molar-refractivity contribution in [2.24, 2.45) is 7.05 Å². The van der Waals surface area contributed by atoms with E-state index in [0.717, 1.165) is 5.56 Å². The molecule has 9 heteroatoms. The SMILES string of the molecule is Cc1c(NS(=O)(=O)c2ccc(C(=O)NC(C)c3ccccc3)cc2)c(=O)n(-c2ccccc2)n1C. The predicted octanol–water partition coefficient (Wildman–Crippen LogP) is 3.78. The minimum atomic E-state index is -4.06. The third-order valence-corrected chi connectivity index (χ3v) is 7.23.